The van der Waals surface area contributed by atoms with Crippen LogP contribution in [0.2, 0.25) is 10.0 Å². The van der Waals surface area contributed by atoms with Gasteiger partial charge in [-0.1, -0.05) is 41.4 Å². The number of hydrogen-bond donors (Lipinski definition) is 1. The summed E-state index contributed by atoms with van der Waals surface area (Å²) in [5.41, 5.74) is 1.48. The third kappa shape index (κ3) is 2.64. The van der Waals surface area contributed by atoms with Crippen molar-refractivity contribution in [1.29, 1.82) is 0 Å². The van der Waals surface area contributed by atoms with Gasteiger partial charge in [0.05, 0.1) is 12.1 Å². The van der Waals surface area contributed by atoms with Crippen molar-refractivity contribution in [1.82, 2.24) is 14.8 Å². The Balaban J connectivity index is 1.78. The Morgan fingerprint density at radius 3 is 2.67 bits per heavy atom. The van der Waals surface area contributed by atoms with E-state index < -0.39 is 0 Å². The molecule has 0 unspecified atom stereocenters. The van der Waals surface area contributed by atoms with Gasteiger partial charge >= 0.3 is 0 Å². The van der Waals surface area contributed by atoms with E-state index >= 15 is 0 Å². The monoisotopic (exact) mass is 362 g/mol. The quantitative estimate of drug-likeness (QED) is 0.706. The minimum absolute atomic E-state index is 0.0420. The van der Waals surface area contributed by atoms with E-state index in [1.807, 2.05) is 24.3 Å². The highest BCUT2D eigenvalue weighted by Gasteiger charge is 2.32. The standard InChI is InChI=1S/C17H13Cl2FN4/c18-11-6-4-10(5-7-11)14-8-15(24-17(23-14)21-9-22-24)16-12(19)2-1-3-13(16)20/h1-7,9,14-15H,8H2,(H,21,22,23)/t14-,15-/m0/s1. The van der Waals surface area contributed by atoms with Crippen LogP contribution in [0, 0.1) is 5.82 Å². The lowest BCUT2D eigenvalue weighted by Gasteiger charge is -2.32. The Morgan fingerprint density at radius 1 is 1.12 bits per heavy atom. The number of benzene rings is 2. The summed E-state index contributed by atoms with van der Waals surface area (Å²) in [5, 5.41) is 8.63. The minimum Gasteiger partial charge on any atom is -0.348 e. The molecule has 24 heavy (non-hydrogen) atoms. The first kappa shape index (κ1) is 15.4. The molecule has 122 valence electrons. The van der Waals surface area contributed by atoms with Crippen molar-refractivity contribution < 1.29 is 4.39 Å². The van der Waals surface area contributed by atoms with Gasteiger partial charge in [0.2, 0.25) is 5.95 Å². The SMILES string of the molecule is Fc1cccc(Cl)c1[C@@H]1C[C@@H](c2ccc(Cl)cc2)Nc2ncnn21. The van der Waals surface area contributed by atoms with Crippen molar-refractivity contribution in [3.8, 4) is 0 Å². The number of nitrogens with zero attached hydrogens (tertiary/aromatic N) is 3. The Kier molecular flexibility index (Phi) is 3.90. The maximum atomic E-state index is 14.4. The van der Waals surface area contributed by atoms with Gasteiger partial charge in [0.1, 0.15) is 12.1 Å². The maximum Gasteiger partial charge on any atom is 0.222 e. The molecular formula is C17H13Cl2FN4. The van der Waals surface area contributed by atoms with Crippen LogP contribution in [0.15, 0.2) is 48.8 Å². The summed E-state index contributed by atoms with van der Waals surface area (Å²) in [4.78, 5) is 4.23. The summed E-state index contributed by atoms with van der Waals surface area (Å²) in [6, 6.07) is 11.9. The van der Waals surface area contributed by atoms with Crippen LogP contribution < -0.4 is 5.32 Å². The third-order valence-corrected chi connectivity index (χ3v) is 4.82. The third-order valence-electron chi connectivity index (χ3n) is 4.24. The summed E-state index contributed by atoms with van der Waals surface area (Å²) in [5.74, 6) is 0.247. The highest BCUT2D eigenvalue weighted by atomic mass is 35.5. The second kappa shape index (κ2) is 6.07. The Labute approximate surface area is 148 Å². The van der Waals surface area contributed by atoms with Gasteiger partial charge in [-0.2, -0.15) is 10.1 Å². The molecule has 2 atom stereocenters. The lowest BCUT2D eigenvalue weighted by Crippen LogP contribution is -2.28. The van der Waals surface area contributed by atoms with E-state index in [-0.39, 0.29) is 17.9 Å². The average Bonchev–Trinajstić information content (AvgIpc) is 3.04. The molecule has 4 rings (SSSR count). The molecule has 0 aliphatic carbocycles. The number of anilines is 1. The van der Waals surface area contributed by atoms with E-state index in [0.717, 1.165) is 5.56 Å². The summed E-state index contributed by atoms with van der Waals surface area (Å²) in [7, 11) is 0. The largest absolute Gasteiger partial charge is 0.348 e. The topological polar surface area (TPSA) is 42.7 Å². The smallest absolute Gasteiger partial charge is 0.222 e. The molecule has 2 heterocycles. The molecule has 0 saturated heterocycles. The van der Waals surface area contributed by atoms with Crippen molar-refractivity contribution in [2.45, 2.75) is 18.5 Å². The van der Waals surface area contributed by atoms with E-state index in [1.165, 1.54) is 12.4 Å². The van der Waals surface area contributed by atoms with Crippen molar-refractivity contribution >= 4 is 29.2 Å². The first-order valence-corrected chi connectivity index (χ1v) is 8.24. The fourth-order valence-corrected chi connectivity index (χ4v) is 3.52. The van der Waals surface area contributed by atoms with Gasteiger partial charge in [0.15, 0.2) is 0 Å². The molecule has 0 radical (unpaired) electrons. The zero-order valence-corrected chi connectivity index (χ0v) is 14.0. The molecule has 1 aliphatic heterocycles. The molecular weight excluding hydrogens is 350 g/mol. The second-order valence-corrected chi connectivity index (χ2v) is 6.51. The van der Waals surface area contributed by atoms with Gasteiger partial charge in [0, 0.05) is 15.6 Å². The molecule has 0 amide bonds. The van der Waals surface area contributed by atoms with Crippen molar-refractivity contribution in [3.05, 3.63) is 75.8 Å². The Morgan fingerprint density at radius 2 is 1.92 bits per heavy atom. The Hall–Kier alpha value is -2.11. The van der Waals surface area contributed by atoms with Gasteiger partial charge in [0.25, 0.3) is 0 Å². The molecule has 4 nitrogen and oxygen atoms in total. The predicted molar refractivity (Wildman–Crippen MR) is 92.0 cm³/mol. The molecule has 0 saturated carbocycles. The highest BCUT2D eigenvalue weighted by Crippen LogP contribution is 2.40. The normalized spacial score (nSPS) is 19.6. The summed E-state index contributed by atoms with van der Waals surface area (Å²) in [6.07, 6.45) is 2.05. The van der Waals surface area contributed by atoms with Crippen molar-refractivity contribution in [3.63, 3.8) is 0 Å². The van der Waals surface area contributed by atoms with Crippen LogP contribution in [-0.4, -0.2) is 14.8 Å². The highest BCUT2D eigenvalue weighted by molar-refractivity contribution is 6.31. The van der Waals surface area contributed by atoms with Gasteiger partial charge in [-0.3, -0.25) is 0 Å². The lowest BCUT2D eigenvalue weighted by molar-refractivity contribution is 0.416. The van der Waals surface area contributed by atoms with Crippen LogP contribution in [0.25, 0.3) is 0 Å². The molecule has 3 aromatic rings. The second-order valence-electron chi connectivity index (χ2n) is 5.66. The molecule has 7 heteroatoms. The molecule has 0 spiro atoms. The average molecular weight is 363 g/mol. The summed E-state index contributed by atoms with van der Waals surface area (Å²) in [6.45, 7) is 0. The van der Waals surface area contributed by atoms with E-state index in [1.54, 1.807) is 16.8 Å². The van der Waals surface area contributed by atoms with Crippen molar-refractivity contribution in [2.75, 3.05) is 5.32 Å². The molecule has 1 aliphatic rings. The van der Waals surface area contributed by atoms with Crippen molar-refractivity contribution in [2.24, 2.45) is 0 Å². The zero-order valence-electron chi connectivity index (χ0n) is 12.5. The number of fused-ring (bicyclic) bond motifs is 1. The van der Waals surface area contributed by atoms with Crippen LogP contribution in [0.5, 0.6) is 0 Å². The van der Waals surface area contributed by atoms with Crippen LogP contribution in [0.1, 0.15) is 29.6 Å². The number of halogens is 3. The first-order valence-electron chi connectivity index (χ1n) is 7.49. The van der Waals surface area contributed by atoms with Gasteiger partial charge < -0.3 is 5.32 Å². The van der Waals surface area contributed by atoms with Crippen LogP contribution in [0.3, 0.4) is 0 Å². The fraction of sp³-hybridized carbons (Fsp3) is 0.176. The summed E-state index contributed by atoms with van der Waals surface area (Å²) < 4.78 is 16.1. The predicted octanol–water partition coefficient (Wildman–Crippen LogP) is 4.87. The molecule has 0 bridgehead atoms. The van der Waals surface area contributed by atoms with Crippen LogP contribution >= 0.6 is 23.2 Å². The van der Waals surface area contributed by atoms with Crippen LogP contribution in [-0.2, 0) is 0 Å². The zero-order chi connectivity index (χ0) is 16.7. The van der Waals surface area contributed by atoms with E-state index in [4.69, 9.17) is 23.2 Å². The Bertz CT molecular complexity index is 858. The fourth-order valence-electron chi connectivity index (χ4n) is 3.10. The number of nitrogens with one attached hydrogen (secondary N) is 1. The number of aromatic nitrogens is 3. The van der Waals surface area contributed by atoms with Gasteiger partial charge in [-0.25, -0.2) is 9.07 Å². The van der Waals surface area contributed by atoms with E-state index in [9.17, 15) is 4.39 Å². The molecule has 1 aromatic heterocycles. The van der Waals surface area contributed by atoms with E-state index in [0.29, 0.717) is 28.0 Å². The first-order chi connectivity index (χ1) is 11.6. The molecule has 0 fully saturated rings. The van der Waals surface area contributed by atoms with E-state index in [2.05, 4.69) is 15.4 Å². The number of rotatable bonds is 2. The summed E-state index contributed by atoms with van der Waals surface area (Å²) >= 11 is 12.2. The van der Waals surface area contributed by atoms with Gasteiger partial charge in [-0.05, 0) is 36.2 Å². The number of hydrogen-bond acceptors (Lipinski definition) is 3. The van der Waals surface area contributed by atoms with Crippen LogP contribution in [0.4, 0.5) is 10.3 Å². The molecule has 1 N–H and O–H groups in total. The molecule has 2 aromatic carbocycles. The van der Waals surface area contributed by atoms with Gasteiger partial charge in [-0.15, -0.1) is 0 Å². The lowest BCUT2D eigenvalue weighted by atomic mass is 9.93. The maximum absolute atomic E-state index is 14.4. The minimum atomic E-state index is -0.342.